The minimum atomic E-state index is -0.955. The molecule has 5 heteroatoms. The summed E-state index contributed by atoms with van der Waals surface area (Å²) >= 11 is 0. The van der Waals surface area contributed by atoms with Crippen molar-refractivity contribution in [3.05, 3.63) is 41.6 Å². The van der Waals surface area contributed by atoms with Crippen molar-refractivity contribution in [2.75, 3.05) is 6.61 Å². The molecule has 2 aromatic rings. The maximum Gasteiger partial charge on any atom is 0.201 e. The predicted molar refractivity (Wildman–Crippen MR) is 130 cm³/mol. The van der Waals surface area contributed by atoms with Crippen LogP contribution in [0.1, 0.15) is 96.6 Å². The fraction of sp³-hybridized carbons (Fsp3) is 0.643. The summed E-state index contributed by atoms with van der Waals surface area (Å²) in [4.78, 5) is 0. The van der Waals surface area contributed by atoms with Gasteiger partial charge >= 0.3 is 0 Å². The number of rotatable bonds is 13. The maximum atomic E-state index is 14.7. The number of hydrogen-bond donors (Lipinski definition) is 0. The molecule has 0 saturated heterocycles. The van der Waals surface area contributed by atoms with Crippen LogP contribution in [0.5, 0.6) is 5.75 Å². The van der Waals surface area contributed by atoms with E-state index in [0.717, 1.165) is 56.1 Å². The van der Waals surface area contributed by atoms with Crippen LogP contribution >= 0.6 is 0 Å². The number of aryl methyl sites for hydroxylation is 1. The molecule has 1 aliphatic rings. The van der Waals surface area contributed by atoms with Crippen LogP contribution in [0.3, 0.4) is 0 Å². The molecule has 0 bridgehead atoms. The van der Waals surface area contributed by atoms with Gasteiger partial charge in [-0.1, -0.05) is 78.1 Å². The van der Waals surface area contributed by atoms with Crippen LogP contribution in [-0.2, 0) is 6.42 Å². The summed E-state index contributed by atoms with van der Waals surface area (Å²) in [5.74, 6) is -0.230. The number of aromatic nitrogens is 2. The Hall–Kier alpha value is -2.04. The first-order valence-corrected chi connectivity index (χ1v) is 13.1. The summed E-state index contributed by atoms with van der Waals surface area (Å²) < 4.78 is 34.6. The second-order valence-corrected chi connectivity index (χ2v) is 9.63. The molecule has 0 atom stereocenters. The van der Waals surface area contributed by atoms with E-state index in [1.54, 1.807) is 6.07 Å². The Morgan fingerprint density at radius 2 is 1.52 bits per heavy atom. The summed E-state index contributed by atoms with van der Waals surface area (Å²) in [7, 11) is 0. The van der Waals surface area contributed by atoms with Crippen LogP contribution in [0.25, 0.3) is 11.3 Å². The van der Waals surface area contributed by atoms with E-state index in [2.05, 4.69) is 24.0 Å². The van der Waals surface area contributed by atoms with Crippen molar-refractivity contribution in [2.24, 2.45) is 11.8 Å². The smallest absolute Gasteiger partial charge is 0.201 e. The molecule has 1 aliphatic carbocycles. The van der Waals surface area contributed by atoms with Gasteiger partial charge < -0.3 is 4.74 Å². The summed E-state index contributed by atoms with van der Waals surface area (Å²) in [6, 6.07) is 6.65. The average molecular weight is 459 g/mol. The third-order valence-corrected chi connectivity index (χ3v) is 7.04. The Balaban J connectivity index is 1.50. The van der Waals surface area contributed by atoms with Gasteiger partial charge in [0.25, 0.3) is 0 Å². The highest BCUT2D eigenvalue weighted by Crippen LogP contribution is 2.34. The second kappa shape index (κ2) is 13.6. The Bertz CT molecular complexity index is 833. The van der Waals surface area contributed by atoms with E-state index in [4.69, 9.17) is 4.74 Å². The van der Waals surface area contributed by atoms with E-state index in [9.17, 15) is 8.78 Å². The largest absolute Gasteiger partial charge is 0.490 e. The monoisotopic (exact) mass is 458 g/mol. The first-order chi connectivity index (χ1) is 16.1. The minimum absolute atomic E-state index is 0.0401. The van der Waals surface area contributed by atoms with E-state index in [-0.39, 0.29) is 11.3 Å². The Labute approximate surface area is 198 Å². The van der Waals surface area contributed by atoms with E-state index in [1.807, 2.05) is 6.07 Å². The number of hydrogen-bond acceptors (Lipinski definition) is 3. The van der Waals surface area contributed by atoms with E-state index < -0.39 is 11.6 Å². The SMILES string of the molecule is CCCCCCOc1ccc(-c2ccc(CCC3CCC(CCCC)CC3)nn2)c(F)c1F. The zero-order valence-corrected chi connectivity index (χ0v) is 20.4. The number of nitrogens with zero attached hydrogens (tertiary/aromatic N) is 2. The Morgan fingerprint density at radius 1 is 0.788 bits per heavy atom. The maximum absolute atomic E-state index is 14.7. The van der Waals surface area contributed by atoms with Crippen LogP contribution in [0.15, 0.2) is 24.3 Å². The molecule has 182 valence electrons. The topological polar surface area (TPSA) is 35.0 Å². The molecule has 1 fully saturated rings. The summed E-state index contributed by atoms with van der Waals surface area (Å²) in [6.45, 7) is 4.79. The molecule has 0 aliphatic heterocycles. The van der Waals surface area contributed by atoms with Gasteiger partial charge in [-0.05, 0) is 55.4 Å². The lowest BCUT2D eigenvalue weighted by atomic mass is 9.78. The van der Waals surface area contributed by atoms with Crippen LogP contribution in [0, 0.1) is 23.5 Å². The van der Waals surface area contributed by atoms with Crippen molar-refractivity contribution in [1.82, 2.24) is 10.2 Å². The van der Waals surface area contributed by atoms with Crippen molar-refractivity contribution in [2.45, 2.75) is 97.3 Å². The lowest BCUT2D eigenvalue weighted by Crippen LogP contribution is -2.15. The quantitative estimate of drug-likeness (QED) is 0.283. The van der Waals surface area contributed by atoms with Crippen molar-refractivity contribution in [3.63, 3.8) is 0 Å². The molecule has 3 rings (SSSR count). The molecule has 3 nitrogen and oxygen atoms in total. The van der Waals surface area contributed by atoms with Crippen molar-refractivity contribution < 1.29 is 13.5 Å². The number of benzene rings is 1. The van der Waals surface area contributed by atoms with Gasteiger partial charge in [-0.15, -0.1) is 0 Å². The van der Waals surface area contributed by atoms with Gasteiger partial charge in [-0.2, -0.15) is 14.6 Å². The van der Waals surface area contributed by atoms with E-state index >= 15 is 0 Å². The molecule has 1 heterocycles. The third kappa shape index (κ3) is 7.75. The summed E-state index contributed by atoms with van der Waals surface area (Å²) in [5, 5.41) is 8.48. The van der Waals surface area contributed by atoms with Crippen LogP contribution in [0.4, 0.5) is 8.78 Å². The lowest BCUT2D eigenvalue weighted by Gasteiger charge is -2.28. The first kappa shape index (κ1) is 25.6. The predicted octanol–water partition coefficient (Wildman–Crippen LogP) is 8.31. The van der Waals surface area contributed by atoms with Crippen molar-refractivity contribution >= 4 is 0 Å². The summed E-state index contributed by atoms with van der Waals surface area (Å²) in [5.41, 5.74) is 1.39. The summed E-state index contributed by atoms with van der Waals surface area (Å²) in [6.07, 6.45) is 15.5. The lowest BCUT2D eigenvalue weighted by molar-refractivity contribution is 0.249. The number of unbranched alkanes of at least 4 members (excludes halogenated alkanes) is 4. The van der Waals surface area contributed by atoms with Crippen LogP contribution in [0.2, 0.25) is 0 Å². The minimum Gasteiger partial charge on any atom is -0.490 e. The van der Waals surface area contributed by atoms with Gasteiger partial charge in [-0.25, -0.2) is 4.39 Å². The first-order valence-electron chi connectivity index (χ1n) is 13.1. The van der Waals surface area contributed by atoms with Gasteiger partial charge in [0.2, 0.25) is 5.82 Å². The molecule has 0 unspecified atom stereocenters. The van der Waals surface area contributed by atoms with Gasteiger partial charge in [0.1, 0.15) is 0 Å². The van der Waals surface area contributed by atoms with Crippen LogP contribution < -0.4 is 4.74 Å². The normalized spacial score (nSPS) is 18.4. The zero-order chi connectivity index (χ0) is 23.5. The Kier molecular flexibility index (Phi) is 10.6. The molecular weight excluding hydrogens is 418 g/mol. The molecule has 0 N–H and O–H groups in total. The highest BCUT2D eigenvalue weighted by atomic mass is 19.2. The van der Waals surface area contributed by atoms with Gasteiger partial charge in [-0.3, -0.25) is 0 Å². The molecular formula is C28H40F2N2O. The highest BCUT2D eigenvalue weighted by Gasteiger charge is 2.21. The molecule has 1 aromatic carbocycles. The average Bonchev–Trinajstić information content (AvgIpc) is 2.85. The Morgan fingerprint density at radius 3 is 2.18 bits per heavy atom. The van der Waals surface area contributed by atoms with Crippen molar-refractivity contribution in [3.8, 4) is 17.0 Å². The third-order valence-electron chi connectivity index (χ3n) is 7.04. The molecule has 1 saturated carbocycles. The molecule has 0 amide bonds. The van der Waals surface area contributed by atoms with Gasteiger partial charge in [0.15, 0.2) is 11.6 Å². The number of ether oxygens (including phenoxy) is 1. The van der Waals surface area contributed by atoms with Crippen LogP contribution in [-0.4, -0.2) is 16.8 Å². The highest BCUT2D eigenvalue weighted by molar-refractivity contribution is 5.61. The fourth-order valence-corrected chi connectivity index (χ4v) is 4.84. The standard InChI is InChI=1S/C28H40F2N2O/c1-3-5-7-8-20-33-26-19-17-24(27(29)28(26)30)25-18-16-23(31-32-25)15-14-22-12-10-21(11-13-22)9-6-4-2/h16-19,21-22H,3-15,20H2,1-2H3. The molecule has 0 radical (unpaired) electrons. The van der Waals surface area contributed by atoms with E-state index in [1.165, 1.54) is 57.1 Å². The molecule has 33 heavy (non-hydrogen) atoms. The van der Waals surface area contributed by atoms with E-state index in [0.29, 0.717) is 12.3 Å². The molecule has 0 spiro atoms. The van der Waals surface area contributed by atoms with Gasteiger partial charge in [0, 0.05) is 5.56 Å². The molecule has 1 aromatic heterocycles. The second-order valence-electron chi connectivity index (χ2n) is 9.63. The van der Waals surface area contributed by atoms with Gasteiger partial charge in [0.05, 0.1) is 18.0 Å². The number of halogens is 2. The van der Waals surface area contributed by atoms with Crippen molar-refractivity contribution in [1.29, 1.82) is 0 Å². The fourth-order valence-electron chi connectivity index (χ4n) is 4.84. The zero-order valence-electron chi connectivity index (χ0n) is 20.4.